The van der Waals surface area contributed by atoms with E-state index in [1.54, 1.807) is 0 Å². The first kappa shape index (κ1) is 15.0. The number of aliphatic carboxylic acids is 1. The monoisotopic (exact) mass is 297 g/mol. The maximum absolute atomic E-state index is 11.3. The highest BCUT2D eigenvalue weighted by Gasteiger charge is 2.36. The minimum atomic E-state index is -3.13. The molecule has 1 atom stereocenters. The molecule has 1 unspecified atom stereocenters. The van der Waals surface area contributed by atoms with E-state index in [9.17, 15) is 18.3 Å². The molecule has 20 heavy (non-hydrogen) atoms. The van der Waals surface area contributed by atoms with Crippen molar-refractivity contribution in [1.82, 2.24) is 4.90 Å². The van der Waals surface area contributed by atoms with Crippen molar-refractivity contribution in [2.24, 2.45) is 0 Å². The molecule has 110 valence electrons. The second-order valence-electron chi connectivity index (χ2n) is 5.33. The quantitative estimate of drug-likeness (QED) is 0.847. The predicted octanol–water partition coefficient (Wildman–Crippen LogP) is 0.974. The summed E-state index contributed by atoms with van der Waals surface area (Å²) < 4.78 is 22.3. The average Bonchev–Trinajstić information content (AvgIpc) is 2.31. The maximum Gasteiger partial charge on any atom is 0.320 e. The molecule has 0 saturated carbocycles. The topological polar surface area (TPSA) is 74.7 Å². The third-order valence-electron chi connectivity index (χ3n) is 3.67. The fraction of sp³-hybridized carbons (Fsp3) is 0.500. The summed E-state index contributed by atoms with van der Waals surface area (Å²) in [5.74, 6) is -0.687. The minimum absolute atomic E-state index is 0.0868. The lowest BCUT2D eigenvalue weighted by atomic mass is 9.89. The van der Waals surface area contributed by atoms with Crippen molar-refractivity contribution in [2.75, 3.05) is 25.1 Å². The van der Waals surface area contributed by atoms with Gasteiger partial charge in [0.25, 0.3) is 0 Å². The lowest BCUT2D eigenvalue weighted by Crippen LogP contribution is -2.54. The summed E-state index contributed by atoms with van der Waals surface area (Å²) in [4.78, 5) is 13.1. The number of nitrogens with zero attached hydrogens (tertiary/aromatic N) is 1. The summed E-state index contributed by atoms with van der Waals surface area (Å²) in [6.45, 7) is 1.34. The molecular formula is C14H19NO4S. The molecule has 5 nitrogen and oxygen atoms in total. The van der Waals surface area contributed by atoms with Crippen molar-refractivity contribution in [3.8, 4) is 0 Å². The highest BCUT2D eigenvalue weighted by molar-refractivity contribution is 7.90. The summed E-state index contributed by atoms with van der Waals surface area (Å²) >= 11 is 0. The van der Waals surface area contributed by atoms with Crippen molar-refractivity contribution in [1.29, 1.82) is 0 Å². The third-order valence-corrected chi connectivity index (χ3v) is 4.65. The molecule has 1 heterocycles. The average molecular weight is 297 g/mol. The van der Waals surface area contributed by atoms with Crippen LogP contribution in [0.3, 0.4) is 0 Å². The first-order chi connectivity index (χ1) is 9.37. The lowest BCUT2D eigenvalue weighted by Gasteiger charge is -2.43. The molecule has 1 aliphatic rings. The lowest BCUT2D eigenvalue weighted by molar-refractivity contribution is -0.145. The molecule has 0 bridgehead atoms. The van der Waals surface area contributed by atoms with Crippen LogP contribution in [0.15, 0.2) is 30.3 Å². The molecule has 0 aromatic heterocycles. The molecule has 2 rings (SSSR count). The Labute approximate surface area is 119 Å². The Morgan fingerprint density at radius 3 is 2.45 bits per heavy atom. The second kappa shape index (κ2) is 5.93. The van der Waals surface area contributed by atoms with Crippen LogP contribution in [0.25, 0.3) is 0 Å². The van der Waals surface area contributed by atoms with Crippen LogP contribution in [0, 0.1) is 0 Å². The van der Waals surface area contributed by atoms with E-state index in [4.69, 9.17) is 0 Å². The fourth-order valence-electron chi connectivity index (χ4n) is 2.49. The fourth-order valence-corrected chi connectivity index (χ4v) is 3.14. The molecule has 0 radical (unpaired) electrons. The number of hydrogen-bond acceptors (Lipinski definition) is 4. The van der Waals surface area contributed by atoms with Gasteiger partial charge in [0.1, 0.15) is 15.9 Å². The van der Waals surface area contributed by atoms with E-state index in [0.29, 0.717) is 19.0 Å². The van der Waals surface area contributed by atoms with E-state index in [0.717, 1.165) is 6.26 Å². The van der Waals surface area contributed by atoms with Crippen LogP contribution in [-0.4, -0.2) is 55.5 Å². The van der Waals surface area contributed by atoms with Gasteiger partial charge in [0.05, 0.1) is 5.75 Å². The Hall–Kier alpha value is -1.40. The molecule has 0 aliphatic carbocycles. The van der Waals surface area contributed by atoms with Crippen LogP contribution in [0.2, 0.25) is 0 Å². The van der Waals surface area contributed by atoms with Crippen molar-refractivity contribution < 1.29 is 18.3 Å². The van der Waals surface area contributed by atoms with Gasteiger partial charge in [-0.1, -0.05) is 30.3 Å². The van der Waals surface area contributed by atoms with Gasteiger partial charge in [-0.25, -0.2) is 8.42 Å². The van der Waals surface area contributed by atoms with Crippen molar-refractivity contribution in [2.45, 2.75) is 18.4 Å². The zero-order chi connectivity index (χ0) is 14.8. The Morgan fingerprint density at radius 2 is 1.95 bits per heavy atom. The molecule has 6 heteroatoms. The van der Waals surface area contributed by atoms with Crippen LogP contribution in [0.1, 0.15) is 17.9 Å². The molecule has 0 amide bonds. The number of benzene rings is 1. The van der Waals surface area contributed by atoms with Crippen molar-refractivity contribution in [3.63, 3.8) is 0 Å². The highest BCUT2D eigenvalue weighted by Crippen LogP contribution is 2.29. The molecule has 0 spiro atoms. The first-order valence-electron chi connectivity index (χ1n) is 6.56. The molecule has 1 aromatic carbocycles. The van der Waals surface area contributed by atoms with E-state index < -0.39 is 21.8 Å². The maximum atomic E-state index is 11.3. The largest absolute Gasteiger partial charge is 0.480 e. The molecular weight excluding hydrogens is 278 g/mol. The van der Waals surface area contributed by atoms with E-state index in [1.807, 2.05) is 35.2 Å². The zero-order valence-electron chi connectivity index (χ0n) is 11.4. The number of carboxylic acids is 1. The molecule has 1 N–H and O–H groups in total. The van der Waals surface area contributed by atoms with Gasteiger partial charge in [-0.05, 0) is 12.0 Å². The van der Waals surface area contributed by atoms with Crippen LogP contribution >= 0.6 is 0 Å². The highest BCUT2D eigenvalue weighted by atomic mass is 32.2. The SMILES string of the molecule is CS(=O)(=O)CCC(C(=O)O)N1CC(c2ccccc2)C1. The Kier molecular flexibility index (Phi) is 4.45. The molecule has 1 aromatic rings. The van der Waals surface area contributed by atoms with Gasteiger partial charge in [0.15, 0.2) is 0 Å². The van der Waals surface area contributed by atoms with E-state index >= 15 is 0 Å². The van der Waals surface area contributed by atoms with Gasteiger partial charge in [-0.2, -0.15) is 0 Å². The standard InChI is InChI=1S/C14H19NO4S/c1-20(18,19)8-7-13(14(16)17)15-9-12(10-15)11-5-3-2-4-6-11/h2-6,12-13H,7-10H2,1H3,(H,16,17). The number of carboxylic acid groups (broad SMARTS) is 1. The van der Waals surface area contributed by atoms with E-state index in [-0.39, 0.29) is 12.2 Å². The minimum Gasteiger partial charge on any atom is -0.480 e. The smallest absolute Gasteiger partial charge is 0.320 e. The third kappa shape index (κ3) is 3.80. The van der Waals surface area contributed by atoms with Gasteiger partial charge in [0.2, 0.25) is 0 Å². The Morgan fingerprint density at radius 1 is 1.35 bits per heavy atom. The van der Waals surface area contributed by atoms with Gasteiger partial charge in [-0.15, -0.1) is 0 Å². The first-order valence-corrected chi connectivity index (χ1v) is 8.62. The van der Waals surface area contributed by atoms with Crippen molar-refractivity contribution >= 4 is 15.8 Å². The van der Waals surface area contributed by atoms with E-state index in [2.05, 4.69) is 0 Å². The van der Waals surface area contributed by atoms with E-state index in [1.165, 1.54) is 5.56 Å². The number of rotatable bonds is 6. The number of sulfone groups is 1. The summed E-state index contributed by atoms with van der Waals surface area (Å²) in [5, 5.41) is 9.23. The summed E-state index contributed by atoms with van der Waals surface area (Å²) in [5.41, 5.74) is 1.20. The summed E-state index contributed by atoms with van der Waals surface area (Å²) in [7, 11) is -3.13. The number of hydrogen-bond donors (Lipinski definition) is 1. The second-order valence-corrected chi connectivity index (χ2v) is 7.59. The van der Waals surface area contributed by atoms with Crippen LogP contribution in [-0.2, 0) is 14.6 Å². The number of likely N-dealkylation sites (tertiary alicyclic amines) is 1. The zero-order valence-corrected chi connectivity index (χ0v) is 12.2. The van der Waals surface area contributed by atoms with Crippen LogP contribution < -0.4 is 0 Å². The van der Waals surface area contributed by atoms with Gasteiger partial charge in [0, 0.05) is 25.3 Å². The van der Waals surface area contributed by atoms with Gasteiger partial charge >= 0.3 is 5.97 Å². The normalized spacial score (nSPS) is 18.4. The Bertz CT molecular complexity index is 564. The summed E-state index contributed by atoms with van der Waals surface area (Å²) in [6, 6.07) is 9.26. The van der Waals surface area contributed by atoms with Crippen LogP contribution in [0.5, 0.6) is 0 Å². The Balaban J connectivity index is 1.92. The van der Waals surface area contributed by atoms with Gasteiger partial charge in [-0.3, -0.25) is 9.69 Å². The van der Waals surface area contributed by atoms with Crippen LogP contribution in [0.4, 0.5) is 0 Å². The molecule has 1 saturated heterocycles. The molecule has 1 fully saturated rings. The number of carbonyl (C=O) groups is 1. The summed E-state index contributed by atoms with van der Waals surface area (Å²) in [6.07, 6.45) is 1.28. The van der Waals surface area contributed by atoms with Crippen molar-refractivity contribution in [3.05, 3.63) is 35.9 Å². The predicted molar refractivity (Wildman–Crippen MR) is 76.5 cm³/mol. The van der Waals surface area contributed by atoms with Gasteiger partial charge < -0.3 is 5.11 Å². The molecule has 1 aliphatic heterocycles.